The summed E-state index contributed by atoms with van der Waals surface area (Å²) in [5.74, 6) is -0.508. The average Bonchev–Trinajstić information content (AvgIpc) is 2.67. The zero-order valence-corrected chi connectivity index (χ0v) is 9.59. The Labute approximate surface area is 106 Å². The first kappa shape index (κ1) is 9.59. The maximum atomic E-state index is 12.1. The number of imide groups is 1. The first-order valence-corrected chi connectivity index (χ1v) is 5.67. The Hall–Kier alpha value is -2.42. The summed E-state index contributed by atoms with van der Waals surface area (Å²) in [4.78, 5) is 25.5. The minimum absolute atomic E-state index is 0.243. The lowest BCUT2D eigenvalue weighted by Crippen LogP contribution is -2.29. The molecule has 3 nitrogen and oxygen atoms in total. The Balaban J connectivity index is 1.90. The van der Waals surface area contributed by atoms with E-state index in [1.165, 1.54) is 4.90 Å². The largest absolute Gasteiger partial charge is 0.270 e. The van der Waals surface area contributed by atoms with Crippen LogP contribution in [0.2, 0.25) is 0 Å². The molecule has 2 aromatic rings. The highest BCUT2D eigenvalue weighted by molar-refractivity contribution is 6.21. The number of hydrogen-bond donors (Lipinski definition) is 0. The zero-order chi connectivity index (χ0) is 13.4. The van der Waals surface area contributed by atoms with Gasteiger partial charge in [-0.1, -0.05) is 42.4 Å². The number of hydrogen-bond acceptors (Lipinski definition) is 2. The first-order chi connectivity index (χ1) is 9.16. The lowest BCUT2D eigenvalue weighted by atomic mass is 10.1. The third-order valence-corrected chi connectivity index (χ3v) is 3.01. The Morgan fingerprint density at radius 3 is 2.00 bits per heavy atom. The van der Waals surface area contributed by atoms with Crippen molar-refractivity contribution in [2.45, 2.75) is 6.54 Å². The molecular formula is C15H11NO2. The van der Waals surface area contributed by atoms with Gasteiger partial charge in [-0.25, -0.2) is 0 Å². The summed E-state index contributed by atoms with van der Waals surface area (Å²) in [6.45, 7) is 0.243. The minimum atomic E-state index is -0.254. The second-order valence-electron chi connectivity index (χ2n) is 4.15. The number of benzene rings is 2. The molecule has 0 aromatic heterocycles. The number of carbonyl (C=O) groups is 2. The number of carbonyl (C=O) groups excluding carboxylic acids is 2. The van der Waals surface area contributed by atoms with Crippen molar-refractivity contribution in [2.24, 2.45) is 0 Å². The topological polar surface area (TPSA) is 37.4 Å². The number of rotatable bonds is 2. The van der Waals surface area contributed by atoms with E-state index >= 15 is 0 Å². The van der Waals surface area contributed by atoms with Gasteiger partial charge in [-0.15, -0.1) is 0 Å². The molecule has 2 aromatic carbocycles. The summed E-state index contributed by atoms with van der Waals surface area (Å²) >= 11 is 0. The van der Waals surface area contributed by atoms with Crippen LogP contribution in [0.1, 0.15) is 27.7 Å². The molecule has 0 spiro atoms. The predicted molar refractivity (Wildman–Crippen MR) is 67.1 cm³/mol. The van der Waals surface area contributed by atoms with E-state index in [-0.39, 0.29) is 18.4 Å². The fourth-order valence-corrected chi connectivity index (χ4v) is 2.09. The van der Waals surface area contributed by atoms with Crippen LogP contribution in [0.15, 0.2) is 54.6 Å². The van der Waals surface area contributed by atoms with Crippen LogP contribution in [0.4, 0.5) is 0 Å². The molecular weight excluding hydrogens is 226 g/mol. The van der Waals surface area contributed by atoms with Crippen molar-refractivity contribution in [1.29, 1.82) is 0 Å². The zero-order valence-electron chi connectivity index (χ0n) is 10.6. The molecule has 0 saturated heterocycles. The van der Waals surface area contributed by atoms with E-state index in [1.54, 1.807) is 48.5 Å². The average molecular weight is 238 g/mol. The Morgan fingerprint density at radius 1 is 0.889 bits per heavy atom. The van der Waals surface area contributed by atoms with Crippen molar-refractivity contribution in [1.82, 2.24) is 4.90 Å². The van der Waals surface area contributed by atoms with Crippen LogP contribution in [-0.2, 0) is 6.54 Å². The third kappa shape index (κ3) is 1.61. The van der Waals surface area contributed by atoms with Crippen LogP contribution >= 0.6 is 0 Å². The van der Waals surface area contributed by atoms with Crippen LogP contribution in [0, 0.1) is 0 Å². The molecule has 0 aliphatic carbocycles. The van der Waals surface area contributed by atoms with Gasteiger partial charge in [-0.3, -0.25) is 14.5 Å². The highest BCUT2D eigenvalue weighted by atomic mass is 16.2. The molecule has 0 fully saturated rings. The Morgan fingerprint density at radius 2 is 1.44 bits per heavy atom. The van der Waals surface area contributed by atoms with Crippen molar-refractivity contribution in [3.8, 4) is 0 Å². The summed E-state index contributed by atoms with van der Waals surface area (Å²) in [5.41, 5.74) is 1.76. The van der Waals surface area contributed by atoms with E-state index in [0.717, 1.165) is 5.56 Å². The summed E-state index contributed by atoms with van der Waals surface area (Å²) < 4.78 is 7.41. The van der Waals surface area contributed by atoms with Crippen LogP contribution in [0.3, 0.4) is 0 Å². The fourth-order valence-electron chi connectivity index (χ4n) is 2.09. The van der Waals surface area contributed by atoms with Crippen molar-refractivity contribution in [3.05, 3.63) is 71.3 Å². The SMILES string of the molecule is [2H]c1ccc(CN2C(=O)c3ccccc3C2=O)cc1. The number of amides is 2. The van der Waals surface area contributed by atoms with Gasteiger partial charge in [0.1, 0.15) is 0 Å². The maximum absolute atomic E-state index is 12.1. The first-order valence-electron chi connectivity index (χ1n) is 6.17. The van der Waals surface area contributed by atoms with E-state index in [1.807, 2.05) is 0 Å². The quantitative estimate of drug-likeness (QED) is 0.754. The van der Waals surface area contributed by atoms with Crippen molar-refractivity contribution < 1.29 is 11.0 Å². The minimum Gasteiger partial charge on any atom is -0.270 e. The van der Waals surface area contributed by atoms with Gasteiger partial charge in [0.25, 0.3) is 11.8 Å². The highest BCUT2D eigenvalue weighted by Gasteiger charge is 2.34. The van der Waals surface area contributed by atoms with E-state index in [9.17, 15) is 9.59 Å². The molecule has 18 heavy (non-hydrogen) atoms. The van der Waals surface area contributed by atoms with Crippen LogP contribution in [-0.4, -0.2) is 16.7 Å². The van der Waals surface area contributed by atoms with E-state index in [2.05, 4.69) is 0 Å². The Kier molecular flexibility index (Phi) is 2.19. The lowest BCUT2D eigenvalue weighted by molar-refractivity contribution is 0.0642. The highest BCUT2D eigenvalue weighted by Crippen LogP contribution is 2.23. The van der Waals surface area contributed by atoms with E-state index in [4.69, 9.17) is 1.37 Å². The molecule has 1 aliphatic rings. The van der Waals surface area contributed by atoms with Crippen LogP contribution < -0.4 is 0 Å². The van der Waals surface area contributed by atoms with Gasteiger partial charge in [0.2, 0.25) is 0 Å². The van der Waals surface area contributed by atoms with E-state index in [0.29, 0.717) is 17.2 Å². The van der Waals surface area contributed by atoms with Crippen LogP contribution in [0.5, 0.6) is 0 Å². The molecule has 3 heteroatoms. The molecule has 1 aliphatic heterocycles. The van der Waals surface area contributed by atoms with Gasteiger partial charge in [0.15, 0.2) is 0 Å². The van der Waals surface area contributed by atoms with Crippen molar-refractivity contribution in [3.63, 3.8) is 0 Å². The van der Waals surface area contributed by atoms with Gasteiger partial charge in [-0.05, 0) is 17.7 Å². The van der Waals surface area contributed by atoms with Crippen molar-refractivity contribution in [2.75, 3.05) is 0 Å². The summed E-state index contributed by atoms with van der Waals surface area (Å²) in [6, 6.07) is 14.1. The van der Waals surface area contributed by atoms with Crippen molar-refractivity contribution >= 4 is 11.8 Å². The Bertz CT molecular complexity index is 629. The van der Waals surface area contributed by atoms with Crippen LogP contribution in [0.25, 0.3) is 0 Å². The maximum Gasteiger partial charge on any atom is 0.261 e. The smallest absolute Gasteiger partial charge is 0.261 e. The predicted octanol–water partition coefficient (Wildman–Crippen LogP) is 2.48. The molecule has 2 amide bonds. The molecule has 0 bridgehead atoms. The molecule has 0 saturated carbocycles. The van der Waals surface area contributed by atoms with E-state index < -0.39 is 0 Å². The normalized spacial score (nSPS) is 14.7. The summed E-state index contributed by atoms with van der Waals surface area (Å²) in [6.07, 6.45) is 0. The summed E-state index contributed by atoms with van der Waals surface area (Å²) in [7, 11) is 0. The monoisotopic (exact) mass is 238 g/mol. The molecule has 88 valence electrons. The second kappa shape index (κ2) is 4.11. The van der Waals surface area contributed by atoms with Gasteiger partial charge in [0.05, 0.1) is 19.0 Å². The molecule has 0 unspecified atom stereocenters. The molecule has 3 rings (SSSR count). The summed E-state index contributed by atoms with van der Waals surface area (Å²) in [5, 5.41) is 0. The standard InChI is InChI=1S/C15H11NO2/c17-14-12-8-4-5-9-13(12)15(18)16(14)10-11-6-2-1-3-7-11/h1-9H,10H2/i1D. The number of fused-ring (bicyclic) bond motifs is 1. The fraction of sp³-hybridized carbons (Fsp3) is 0.0667. The second-order valence-corrected chi connectivity index (χ2v) is 4.15. The lowest BCUT2D eigenvalue weighted by Gasteiger charge is -2.13. The van der Waals surface area contributed by atoms with Gasteiger partial charge < -0.3 is 0 Å². The molecule has 1 heterocycles. The number of nitrogens with zero attached hydrogens (tertiary/aromatic N) is 1. The van der Waals surface area contributed by atoms with Gasteiger partial charge in [-0.2, -0.15) is 0 Å². The van der Waals surface area contributed by atoms with Gasteiger partial charge in [0, 0.05) is 0 Å². The third-order valence-electron chi connectivity index (χ3n) is 3.01. The molecule has 0 atom stereocenters. The van der Waals surface area contributed by atoms with Gasteiger partial charge >= 0.3 is 0 Å². The molecule has 0 radical (unpaired) electrons. The molecule has 0 N–H and O–H groups in total.